The molecule has 0 bridgehead atoms. The smallest absolute Gasteiger partial charge is 0.302 e. The summed E-state index contributed by atoms with van der Waals surface area (Å²) in [5, 5.41) is 0. The molecule has 2 saturated heterocycles. The highest BCUT2D eigenvalue weighted by atomic mass is 16.1. The van der Waals surface area contributed by atoms with Gasteiger partial charge >= 0.3 is 5.69 Å². The summed E-state index contributed by atoms with van der Waals surface area (Å²) in [5.74, 6) is 0. The molecular formula is C32H44N4O. The van der Waals surface area contributed by atoms with Gasteiger partial charge in [0.2, 0.25) is 0 Å². The van der Waals surface area contributed by atoms with E-state index in [0.717, 1.165) is 50.1 Å². The van der Waals surface area contributed by atoms with Crippen LogP contribution in [0, 0.1) is 0 Å². The molecule has 2 aromatic carbocycles. The molecule has 3 heterocycles. The molecule has 0 unspecified atom stereocenters. The van der Waals surface area contributed by atoms with Gasteiger partial charge in [0.15, 0.2) is 0 Å². The Morgan fingerprint density at radius 1 is 0.676 bits per heavy atom. The normalized spacial score (nSPS) is 22.3. The number of fused-ring (bicyclic) bond motifs is 1. The highest BCUT2D eigenvalue weighted by Gasteiger charge is 2.40. The van der Waals surface area contributed by atoms with E-state index in [-0.39, 0.29) is 17.3 Å². The average Bonchev–Trinajstić information content (AvgIpc) is 3.09. The van der Waals surface area contributed by atoms with Crippen molar-refractivity contribution >= 4 is 11.0 Å². The molecule has 2 aliphatic heterocycles. The molecule has 0 N–H and O–H groups in total. The van der Waals surface area contributed by atoms with Gasteiger partial charge in [-0.25, -0.2) is 4.79 Å². The summed E-state index contributed by atoms with van der Waals surface area (Å²) in [4.78, 5) is 19.2. The van der Waals surface area contributed by atoms with E-state index in [1.807, 2.05) is 0 Å². The van der Waals surface area contributed by atoms with E-state index in [4.69, 9.17) is 0 Å². The van der Waals surface area contributed by atoms with Crippen LogP contribution in [-0.2, 0) is 12.1 Å². The van der Waals surface area contributed by atoms with Crippen LogP contribution in [0.25, 0.3) is 11.0 Å². The van der Waals surface area contributed by atoms with Crippen molar-refractivity contribution in [2.75, 3.05) is 32.7 Å². The Bertz CT molecular complexity index is 1210. The molecule has 0 atom stereocenters. The molecule has 37 heavy (non-hydrogen) atoms. The summed E-state index contributed by atoms with van der Waals surface area (Å²) < 4.78 is 4.22. The van der Waals surface area contributed by atoms with Gasteiger partial charge in [-0.05, 0) is 69.3 Å². The molecule has 0 spiro atoms. The fourth-order valence-electron chi connectivity index (χ4n) is 7.63. The molecule has 1 saturated carbocycles. The maximum absolute atomic E-state index is 13.9. The highest BCUT2D eigenvalue weighted by molar-refractivity contribution is 5.76. The zero-order valence-corrected chi connectivity index (χ0v) is 22.5. The first-order valence-electron chi connectivity index (χ1n) is 15.0. The van der Waals surface area contributed by atoms with Crippen LogP contribution in [0.2, 0.25) is 0 Å². The topological polar surface area (TPSA) is 33.4 Å². The number of piperidine rings is 2. The summed E-state index contributed by atoms with van der Waals surface area (Å²) in [6, 6.07) is 20.1. The molecule has 5 nitrogen and oxygen atoms in total. The number of likely N-dealkylation sites (tertiary alicyclic amines) is 2. The Kier molecular flexibility index (Phi) is 7.53. The molecule has 6 rings (SSSR count). The Balaban J connectivity index is 1.24. The van der Waals surface area contributed by atoms with Crippen molar-refractivity contribution in [3.05, 3.63) is 70.6 Å². The first-order chi connectivity index (χ1) is 18.3. The van der Waals surface area contributed by atoms with Gasteiger partial charge in [-0.3, -0.25) is 14.0 Å². The van der Waals surface area contributed by atoms with Crippen LogP contribution < -0.4 is 5.69 Å². The number of nitrogens with zero attached hydrogens (tertiary/aromatic N) is 4. The molecular weight excluding hydrogens is 456 g/mol. The zero-order chi connectivity index (χ0) is 25.1. The second-order valence-electron chi connectivity index (χ2n) is 11.7. The van der Waals surface area contributed by atoms with Gasteiger partial charge in [-0.15, -0.1) is 0 Å². The lowest BCUT2D eigenvalue weighted by Gasteiger charge is -2.47. The minimum Gasteiger partial charge on any atom is -0.302 e. The van der Waals surface area contributed by atoms with Crippen molar-refractivity contribution in [1.82, 2.24) is 18.9 Å². The van der Waals surface area contributed by atoms with Gasteiger partial charge in [0.25, 0.3) is 0 Å². The summed E-state index contributed by atoms with van der Waals surface area (Å²) in [6.07, 6.45) is 13.9. The molecule has 0 radical (unpaired) electrons. The van der Waals surface area contributed by atoms with E-state index < -0.39 is 0 Å². The minimum atomic E-state index is 0.163. The molecule has 1 aliphatic carbocycles. The van der Waals surface area contributed by atoms with Crippen LogP contribution in [0.5, 0.6) is 0 Å². The average molecular weight is 501 g/mol. The van der Waals surface area contributed by atoms with Crippen LogP contribution in [0.15, 0.2) is 59.4 Å². The largest absolute Gasteiger partial charge is 0.329 e. The van der Waals surface area contributed by atoms with Gasteiger partial charge in [0.05, 0.1) is 11.0 Å². The molecule has 198 valence electrons. The van der Waals surface area contributed by atoms with E-state index in [1.165, 1.54) is 76.4 Å². The number of hydrogen-bond acceptors (Lipinski definition) is 3. The van der Waals surface area contributed by atoms with Crippen LogP contribution in [-0.4, -0.2) is 51.7 Å². The van der Waals surface area contributed by atoms with Gasteiger partial charge in [-0.1, -0.05) is 74.6 Å². The van der Waals surface area contributed by atoms with Crippen LogP contribution >= 0.6 is 0 Å². The lowest BCUT2D eigenvalue weighted by Crippen LogP contribution is -2.50. The van der Waals surface area contributed by atoms with Gasteiger partial charge in [-0.2, -0.15) is 0 Å². The molecule has 0 amide bonds. The number of rotatable bonds is 6. The van der Waals surface area contributed by atoms with Crippen molar-refractivity contribution in [2.45, 2.75) is 88.8 Å². The first kappa shape index (κ1) is 24.9. The monoisotopic (exact) mass is 500 g/mol. The van der Waals surface area contributed by atoms with E-state index in [0.29, 0.717) is 0 Å². The summed E-state index contributed by atoms with van der Waals surface area (Å²) >= 11 is 0. The Hall–Kier alpha value is -2.37. The number of para-hydroxylation sites is 2. The third kappa shape index (κ3) is 4.93. The lowest BCUT2D eigenvalue weighted by molar-refractivity contribution is 0.0354. The fourth-order valence-corrected chi connectivity index (χ4v) is 7.63. The number of benzene rings is 2. The summed E-state index contributed by atoms with van der Waals surface area (Å²) in [7, 11) is 0. The van der Waals surface area contributed by atoms with Crippen molar-refractivity contribution in [3.8, 4) is 0 Å². The van der Waals surface area contributed by atoms with Crippen molar-refractivity contribution in [2.24, 2.45) is 0 Å². The van der Waals surface area contributed by atoms with Crippen molar-refractivity contribution in [3.63, 3.8) is 0 Å². The lowest BCUT2D eigenvalue weighted by atomic mass is 9.79. The molecule has 1 aromatic heterocycles. The minimum absolute atomic E-state index is 0.163. The predicted octanol–water partition coefficient (Wildman–Crippen LogP) is 6.18. The second kappa shape index (κ2) is 11.2. The molecule has 3 aromatic rings. The number of aromatic nitrogens is 2. The Morgan fingerprint density at radius 2 is 1.30 bits per heavy atom. The van der Waals surface area contributed by atoms with Crippen molar-refractivity contribution in [1.29, 1.82) is 0 Å². The third-order valence-electron chi connectivity index (χ3n) is 9.63. The van der Waals surface area contributed by atoms with Crippen LogP contribution in [0.1, 0.15) is 82.2 Å². The zero-order valence-electron chi connectivity index (χ0n) is 22.5. The molecule has 5 heteroatoms. The standard InChI is InChI=1S/C32H44N4O/c37-31-35(26-25-33-21-11-4-12-22-33)29-15-7-8-16-30(29)36(31)28-17-23-34(24-18-28)32(19-9-1-2-10-20-32)27-13-5-3-6-14-27/h3,5-8,13-16,28H,1-2,4,9-12,17-26H2. The third-order valence-corrected chi connectivity index (χ3v) is 9.63. The van der Waals surface area contributed by atoms with E-state index in [1.54, 1.807) is 0 Å². The maximum atomic E-state index is 13.9. The number of imidazole rings is 1. The van der Waals surface area contributed by atoms with E-state index in [9.17, 15) is 4.79 Å². The van der Waals surface area contributed by atoms with Crippen LogP contribution in [0.3, 0.4) is 0 Å². The Labute approximate surface area is 222 Å². The van der Waals surface area contributed by atoms with Gasteiger partial charge in [0, 0.05) is 37.8 Å². The first-order valence-corrected chi connectivity index (χ1v) is 15.0. The van der Waals surface area contributed by atoms with E-state index in [2.05, 4.69) is 73.5 Å². The SMILES string of the molecule is O=c1n(CCN2CCCCC2)c2ccccc2n1C1CCN(C2(c3ccccc3)CCCCCC2)CC1. The van der Waals surface area contributed by atoms with E-state index >= 15 is 0 Å². The summed E-state index contributed by atoms with van der Waals surface area (Å²) in [6.45, 7) is 6.26. The van der Waals surface area contributed by atoms with Crippen LogP contribution in [0.4, 0.5) is 0 Å². The van der Waals surface area contributed by atoms with Crippen molar-refractivity contribution < 1.29 is 0 Å². The Morgan fingerprint density at radius 3 is 2.00 bits per heavy atom. The quantitative estimate of drug-likeness (QED) is 0.379. The fraction of sp³-hybridized carbons (Fsp3) is 0.594. The maximum Gasteiger partial charge on any atom is 0.329 e. The van der Waals surface area contributed by atoms with Gasteiger partial charge in [0.1, 0.15) is 0 Å². The van der Waals surface area contributed by atoms with Gasteiger partial charge < -0.3 is 4.90 Å². The summed E-state index contributed by atoms with van der Waals surface area (Å²) in [5.41, 5.74) is 4.09. The highest BCUT2D eigenvalue weighted by Crippen LogP contribution is 2.43. The molecule has 3 fully saturated rings. The predicted molar refractivity (Wildman–Crippen MR) is 152 cm³/mol. The molecule has 3 aliphatic rings. The number of hydrogen-bond donors (Lipinski definition) is 0. The second-order valence-corrected chi connectivity index (χ2v) is 11.7.